The number of nitrogens with zero attached hydrogens (tertiary/aromatic N) is 1. The fourth-order valence-electron chi connectivity index (χ4n) is 1.73. The molecule has 0 unspecified atom stereocenters. The number of hydrogen-bond acceptors (Lipinski definition) is 5. The van der Waals surface area contributed by atoms with Crippen LogP contribution in [-0.4, -0.2) is 20.5 Å². The fourth-order valence-corrected chi connectivity index (χ4v) is 2.82. The maximum Gasteiger partial charge on any atom is 0.244 e. The van der Waals surface area contributed by atoms with Gasteiger partial charge in [-0.1, -0.05) is 18.2 Å². The highest BCUT2D eigenvalue weighted by Gasteiger charge is 2.18. The van der Waals surface area contributed by atoms with Crippen LogP contribution in [0.15, 0.2) is 47.5 Å². The van der Waals surface area contributed by atoms with Crippen molar-refractivity contribution in [3.05, 3.63) is 48.2 Å². The number of rotatable bonds is 5. The predicted molar refractivity (Wildman–Crippen MR) is 75.7 cm³/mol. The Balaban J connectivity index is 2.20. The number of aromatic nitrogens is 1. The lowest BCUT2D eigenvalue weighted by Crippen LogP contribution is -2.24. The third-order valence-electron chi connectivity index (χ3n) is 2.73. The summed E-state index contributed by atoms with van der Waals surface area (Å²) in [6, 6.07) is 10.1. The van der Waals surface area contributed by atoms with Gasteiger partial charge in [0.25, 0.3) is 0 Å². The highest BCUT2D eigenvalue weighted by molar-refractivity contribution is 7.89. The van der Waals surface area contributed by atoms with E-state index in [-0.39, 0.29) is 17.3 Å². The molecule has 0 bridgehead atoms. The molecule has 0 amide bonds. The molecule has 2 aromatic rings. The summed E-state index contributed by atoms with van der Waals surface area (Å²) in [7, 11) is -2.17. The molecule has 0 atom stereocenters. The summed E-state index contributed by atoms with van der Waals surface area (Å²) in [6.07, 6.45) is 1.44. The summed E-state index contributed by atoms with van der Waals surface area (Å²) in [5.41, 5.74) is 6.31. The smallest absolute Gasteiger partial charge is 0.244 e. The lowest BCUT2D eigenvalue weighted by molar-refractivity contribution is 0.409. The number of anilines is 1. The number of sulfonamides is 1. The van der Waals surface area contributed by atoms with Gasteiger partial charge >= 0.3 is 0 Å². The van der Waals surface area contributed by atoms with E-state index in [2.05, 4.69) is 9.71 Å². The highest BCUT2D eigenvalue weighted by atomic mass is 32.2. The van der Waals surface area contributed by atoms with Gasteiger partial charge < -0.3 is 10.5 Å². The Morgan fingerprint density at radius 1 is 1.25 bits per heavy atom. The van der Waals surface area contributed by atoms with Crippen molar-refractivity contribution in [3.63, 3.8) is 0 Å². The van der Waals surface area contributed by atoms with Gasteiger partial charge in [-0.2, -0.15) is 0 Å². The summed E-state index contributed by atoms with van der Waals surface area (Å²) in [5, 5.41) is 0. The maximum atomic E-state index is 12.2. The van der Waals surface area contributed by atoms with Crippen LogP contribution < -0.4 is 15.2 Å². The van der Waals surface area contributed by atoms with E-state index in [1.807, 2.05) is 12.1 Å². The van der Waals surface area contributed by atoms with E-state index < -0.39 is 10.0 Å². The molecule has 0 saturated heterocycles. The van der Waals surface area contributed by atoms with Gasteiger partial charge in [0.05, 0.1) is 7.11 Å². The quantitative estimate of drug-likeness (QED) is 0.862. The molecule has 3 N–H and O–H groups in total. The second kappa shape index (κ2) is 5.89. The normalized spacial score (nSPS) is 11.2. The molecular formula is C13H15N3O3S. The van der Waals surface area contributed by atoms with E-state index in [0.29, 0.717) is 5.75 Å². The van der Waals surface area contributed by atoms with Crippen molar-refractivity contribution in [3.8, 4) is 5.75 Å². The van der Waals surface area contributed by atoms with Crippen LogP contribution in [0.4, 0.5) is 5.82 Å². The minimum atomic E-state index is -3.71. The average Bonchev–Trinajstić information content (AvgIpc) is 2.46. The molecule has 0 saturated carbocycles. The first-order chi connectivity index (χ1) is 9.54. The molecule has 0 aliphatic rings. The van der Waals surface area contributed by atoms with Gasteiger partial charge in [-0.15, -0.1) is 0 Å². The van der Waals surface area contributed by atoms with E-state index in [0.717, 1.165) is 5.56 Å². The van der Waals surface area contributed by atoms with Crippen LogP contribution in [0.1, 0.15) is 5.56 Å². The number of nitrogen functional groups attached to an aromatic ring is 1. The molecule has 0 aliphatic heterocycles. The molecule has 0 aliphatic carbocycles. The lowest BCUT2D eigenvalue weighted by Gasteiger charge is -2.10. The van der Waals surface area contributed by atoms with Gasteiger partial charge in [-0.3, -0.25) is 0 Å². The zero-order valence-corrected chi connectivity index (χ0v) is 11.7. The van der Waals surface area contributed by atoms with Crippen molar-refractivity contribution in [2.45, 2.75) is 11.4 Å². The Kier molecular flexibility index (Phi) is 4.21. The van der Waals surface area contributed by atoms with Gasteiger partial charge in [-0.05, 0) is 18.2 Å². The monoisotopic (exact) mass is 293 g/mol. The van der Waals surface area contributed by atoms with Gasteiger partial charge in [-0.25, -0.2) is 18.1 Å². The van der Waals surface area contributed by atoms with Gasteiger partial charge in [0, 0.05) is 18.3 Å². The Morgan fingerprint density at radius 3 is 2.70 bits per heavy atom. The summed E-state index contributed by atoms with van der Waals surface area (Å²) in [6.45, 7) is 0.112. The van der Waals surface area contributed by atoms with Crippen molar-refractivity contribution in [1.82, 2.24) is 9.71 Å². The maximum absolute atomic E-state index is 12.2. The van der Waals surface area contributed by atoms with Crippen molar-refractivity contribution >= 4 is 15.8 Å². The molecule has 0 spiro atoms. The van der Waals surface area contributed by atoms with Crippen molar-refractivity contribution in [2.75, 3.05) is 12.8 Å². The van der Waals surface area contributed by atoms with Gasteiger partial charge in [0.1, 0.15) is 16.5 Å². The zero-order valence-electron chi connectivity index (χ0n) is 10.9. The van der Waals surface area contributed by atoms with Crippen LogP contribution in [0, 0.1) is 0 Å². The van der Waals surface area contributed by atoms with Crippen LogP contribution in [0.2, 0.25) is 0 Å². The van der Waals surface area contributed by atoms with Gasteiger partial charge in [0.15, 0.2) is 0 Å². The number of methoxy groups -OCH3 is 1. The number of nitrogens with two attached hydrogens (primary N) is 1. The molecule has 2 rings (SSSR count). The third-order valence-corrected chi connectivity index (χ3v) is 4.18. The third kappa shape index (κ3) is 3.06. The minimum absolute atomic E-state index is 0.0278. The summed E-state index contributed by atoms with van der Waals surface area (Å²) < 4.78 is 32.0. The Hall–Kier alpha value is -2.12. The first kappa shape index (κ1) is 14.3. The molecular weight excluding hydrogens is 278 g/mol. The Bertz CT molecular complexity index is 702. The number of ether oxygens (including phenoxy) is 1. The van der Waals surface area contributed by atoms with E-state index in [9.17, 15) is 8.42 Å². The number of para-hydroxylation sites is 1. The molecule has 7 heteroatoms. The lowest BCUT2D eigenvalue weighted by atomic mass is 10.2. The summed E-state index contributed by atoms with van der Waals surface area (Å²) in [4.78, 5) is 3.74. The largest absolute Gasteiger partial charge is 0.496 e. The standard InChI is InChI=1S/C13H15N3O3S/c1-19-11-6-3-2-5-10(11)9-16-20(17,18)12-7-4-8-15-13(12)14/h2-8,16H,9H2,1H3,(H2,14,15). The molecule has 1 aromatic heterocycles. The number of benzene rings is 1. The topological polar surface area (TPSA) is 94.3 Å². The molecule has 0 fully saturated rings. The average molecular weight is 293 g/mol. The van der Waals surface area contributed by atoms with E-state index in [1.54, 1.807) is 12.1 Å². The van der Waals surface area contributed by atoms with E-state index >= 15 is 0 Å². The molecule has 1 aromatic carbocycles. The number of pyridine rings is 1. The Labute approximate surface area is 117 Å². The SMILES string of the molecule is COc1ccccc1CNS(=O)(=O)c1cccnc1N. The zero-order chi connectivity index (χ0) is 14.6. The Morgan fingerprint density at radius 2 is 2.00 bits per heavy atom. The predicted octanol–water partition coefficient (Wildman–Crippen LogP) is 1.15. The highest BCUT2D eigenvalue weighted by Crippen LogP contribution is 2.19. The van der Waals surface area contributed by atoms with Crippen LogP contribution in [0.3, 0.4) is 0 Å². The van der Waals surface area contributed by atoms with Crippen LogP contribution in [0.5, 0.6) is 5.75 Å². The second-order valence-corrected chi connectivity index (χ2v) is 5.76. The second-order valence-electron chi connectivity index (χ2n) is 4.02. The van der Waals surface area contributed by atoms with Crippen molar-refractivity contribution in [2.24, 2.45) is 0 Å². The summed E-state index contributed by atoms with van der Waals surface area (Å²) in [5.74, 6) is 0.592. The molecule has 1 heterocycles. The first-order valence-corrected chi connectivity index (χ1v) is 7.35. The molecule has 20 heavy (non-hydrogen) atoms. The number of hydrogen-bond donors (Lipinski definition) is 2. The van der Waals surface area contributed by atoms with Crippen LogP contribution >= 0.6 is 0 Å². The molecule has 106 valence electrons. The van der Waals surface area contributed by atoms with Crippen LogP contribution in [0.25, 0.3) is 0 Å². The van der Waals surface area contributed by atoms with Crippen molar-refractivity contribution < 1.29 is 13.2 Å². The van der Waals surface area contributed by atoms with E-state index in [1.165, 1.54) is 25.4 Å². The molecule has 0 radical (unpaired) electrons. The first-order valence-electron chi connectivity index (χ1n) is 5.86. The van der Waals surface area contributed by atoms with Gasteiger partial charge in [0.2, 0.25) is 10.0 Å². The number of nitrogens with one attached hydrogen (secondary N) is 1. The van der Waals surface area contributed by atoms with E-state index in [4.69, 9.17) is 10.5 Å². The fraction of sp³-hybridized carbons (Fsp3) is 0.154. The van der Waals surface area contributed by atoms with Crippen molar-refractivity contribution in [1.29, 1.82) is 0 Å². The molecule has 6 nitrogen and oxygen atoms in total. The summed E-state index contributed by atoms with van der Waals surface area (Å²) >= 11 is 0. The minimum Gasteiger partial charge on any atom is -0.496 e. The van der Waals surface area contributed by atoms with Crippen LogP contribution in [-0.2, 0) is 16.6 Å².